The standard InChI is InChI=1S/C16H25N3O/c1-5-19-12-13(10-11-17(2)3)18(4)15-9-7-6-8-14(15)16(19)20/h6-9,13H,5,10-12H2,1-4H3. The van der Waals surface area contributed by atoms with Crippen LogP contribution in [0.5, 0.6) is 0 Å². The highest BCUT2D eigenvalue weighted by Gasteiger charge is 2.29. The van der Waals surface area contributed by atoms with Crippen molar-refractivity contribution in [1.82, 2.24) is 9.80 Å². The first kappa shape index (κ1) is 14.9. The largest absolute Gasteiger partial charge is 0.369 e. The van der Waals surface area contributed by atoms with Crippen molar-refractivity contribution in [2.24, 2.45) is 0 Å². The van der Waals surface area contributed by atoms with Crippen molar-refractivity contribution < 1.29 is 4.79 Å². The van der Waals surface area contributed by atoms with Crippen LogP contribution in [0, 0.1) is 0 Å². The Morgan fingerprint density at radius 2 is 2.00 bits per heavy atom. The Morgan fingerprint density at radius 1 is 1.30 bits per heavy atom. The summed E-state index contributed by atoms with van der Waals surface area (Å²) in [4.78, 5) is 19.0. The number of nitrogens with zero attached hydrogens (tertiary/aromatic N) is 3. The molecule has 4 nitrogen and oxygen atoms in total. The van der Waals surface area contributed by atoms with Gasteiger partial charge in [0, 0.05) is 31.9 Å². The Hall–Kier alpha value is -1.55. The fourth-order valence-corrected chi connectivity index (χ4v) is 2.75. The van der Waals surface area contributed by atoms with Gasteiger partial charge in [-0.3, -0.25) is 4.79 Å². The molecule has 1 aromatic rings. The maximum absolute atomic E-state index is 12.6. The summed E-state index contributed by atoms with van der Waals surface area (Å²) in [6.07, 6.45) is 1.06. The average molecular weight is 275 g/mol. The predicted molar refractivity (Wildman–Crippen MR) is 83.4 cm³/mol. The van der Waals surface area contributed by atoms with Crippen LogP contribution in [0.3, 0.4) is 0 Å². The van der Waals surface area contributed by atoms with E-state index in [1.54, 1.807) is 0 Å². The minimum Gasteiger partial charge on any atom is -0.369 e. The average Bonchev–Trinajstić information content (AvgIpc) is 2.55. The second-order valence-electron chi connectivity index (χ2n) is 5.72. The summed E-state index contributed by atoms with van der Waals surface area (Å²) >= 11 is 0. The molecule has 1 unspecified atom stereocenters. The maximum Gasteiger partial charge on any atom is 0.256 e. The monoisotopic (exact) mass is 275 g/mol. The molecule has 0 spiro atoms. The SMILES string of the molecule is CCN1CC(CCN(C)C)N(C)c2ccccc2C1=O. The lowest BCUT2D eigenvalue weighted by molar-refractivity contribution is 0.0760. The molecule has 0 saturated heterocycles. The van der Waals surface area contributed by atoms with E-state index >= 15 is 0 Å². The molecule has 0 saturated carbocycles. The number of benzene rings is 1. The topological polar surface area (TPSA) is 26.8 Å². The van der Waals surface area contributed by atoms with Gasteiger partial charge in [0.1, 0.15) is 0 Å². The van der Waals surface area contributed by atoms with E-state index < -0.39 is 0 Å². The van der Waals surface area contributed by atoms with Crippen LogP contribution >= 0.6 is 0 Å². The summed E-state index contributed by atoms with van der Waals surface area (Å²) in [5.74, 6) is 0.155. The van der Waals surface area contributed by atoms with Crippen LogP contribution in [0.25, 0.3) is 0 Å². The molecule has 110 valence electrons. The number of likely N-dealkylation sites (N-methyl/N-ethyl adjacent to an activating group) is 2. The lowest BCUT2D eigenvalue weighted by Crippen LogP contribution is -2.42. The van der Waals surface area contributed by atoms with Crippen LogP contribution in [0.1, 0.15) is 23.7 Å². The number of hydrogen-bond acceptors (Lipinski definition) is 3. The fraction of sp³-hybridized carbons (Fsp3) is 0.562. The number of amides is 1. The van der Waals surface area contributed by atoms with Crippen LogP contribution in [0.4, 0.5) is 5.69 Å². The van der Waals surface area contributed by atoms with E-state index in [9.17, 15) is 4.79 Å². The Labute approximate surface area is 122 Å². The van der Waals surface area contributed by atoms with Gasteiger partial charge in [0.05, 0.1) is 5.56 Å². The second kappa shape index (κ2) is 6.27. The van der Waals surface area contributed by atoms with Gasteiger partial charge >= 0.3 is 0 Å². The van der Waals surface area contributed by atoms with Crippen molar-refractivity contribution in [2.45, 2.75) is 19.4 Å². The van der Waals surface area contributed by atoms with Crippen LogP contribution in [0.15, 0.2) is 24.3 Å². The Morgan fingerprint density at radius 3 is 2.65 bits per heavy atom. The number of hydrogen-bond donors (Lipinski definition) is 0. The van der Waals surface area contributed by atoms with E-state index in [1.165, 1.54) is 0 Å². The van der Waals surface area contributed by atoms with E-state index in [2.05, 4.69) is 43.9 Å². The van der Waals surface area contributed by atoms with Gasteiger partial charge in [0.2, 0.25) is 0 Å². The Balaban J connectivity index is 2.31. The number of anilines is 1. The van der Waals surface area contributed by atoms with Gasteiger partial charge in [-0.05, 0) is 46.1 Å². The molecule has 0 N–H and O–H groups in total. The van der Waals surface area contributed by atoms with E-state index in [0.717, 1.165) is 37.3 Å². The first-order valence-electron chi connectivity index (χ1n) is 7.30. The van der Waals surface area contributed by atoms with Crippen LogP contribution < -0.4 is 4.90 Å². The summed E-state index contributed by atoms with van der Waals surface area (Å²) in [6, 6.07) is 8.30. The quantitative estimate of drug-likeness (QED) is 0.840. The molecule has 1 amide bonds. The van der Waals surface area contributed by atoms with Gasteiger partial charge in [0.15, 0.2) is 0 Å². The predicted octanol–water partition coefficient (Wildman–Crippen LogP) is 1.92. The van der Waals surface area contributed by atoms with Gasteiger partial charge in [0.25, 0.3) is 5.91 Å². The lowest BCUT2D eigenvalue weighted by atomic mass is 10.1. The highest BCUT2D eigenvalue weighted by Crippen LogP contribution is 2.27. The minimum absolute atomic E-state index is 0.155. The van der Waals surface area contributed by atoms with Gasteiger partial charge < -0.3 is 14.7 Å². The van der Waals surface area contributed by atoms with Crippen molar-refractivity contribution in [3.05, 3.63) is 29.8 Å². The molecule has 2 rings (SSSR count). The van der Waals surface area contributed by atoms with Crippen molar-refractivity contribution in [1.29, 1.82) is 0 Å². The third-order valence-electron chi connectivity index (χ3n) is 4.07. The summed E-state index contributed by atoms with van der Waals surface area (Å²) in [6.45, 7) is 4.64. The smallest absolute Gasteiger partial charge is 0.256 e. The molecule has 1 aliphatic heterocycles. The maximum atomic E-state index is 12.6. The molecular formula is C16H25N3O. The molecule has 0 fully saturated rings. The normalized spacial score (nSPS) is 19.2. The van der Waals surface area contributed by atoms with Crippen molar-refractivity contribution >= 4 is 11.6 Å². The van der Waals surface area contributed by atoms with E-state index in [4.69, 9.17) is 0 Å². The second-order valence-corrected chi connectivity index (χ2v) is 5.72. The molecule has 1 heterocycles. The van der Waals surface area contributed by atoms with Crippen molar-refractivity contribution in [2.75, 3.05) is 45.7 Å². The molecule has 0 radical (unpaired) electrons. The first-order valence-corrected chi connectivity index (χ1v) is 7.30. The van der Waals surface area contributed by atoms with Gasteiger partial charge in [-0.15, -0.1) is 0 Å². The van der Waals surface area contributed by atoms with Crippen LogP contribution in [0.2, 0.25) is 0 Å². The Bertz CT molecular complexity index is 473. The zero-order valence-corrected chi connectivity index (χ0v) is 13.0. The summed E-state index contributed by atoms with van der Waals surface area (Å²) < 4.78 is 0. The molecule has 1 aromatic carbocycles. The molecule has 0 aromatic heterocycles. The molecule has 0 bridgehead atoms. The van der Waals surface area contributed by atoms with Crippen molar-refractivity contribution in [3.63, 3.8) is 0 Å². The first-order chi connectivity index (χ1) is 9.54. The fourth-order valence-electron chi connectivity index (χ4n) is 2.75. The number of para-hydroxylation sites is 1. The van der Waals surface area contributed by atoms with E-state index in [1.807, 2.05) is 23.1 Å². The van der Waals surface area contributed by atoms with E-state index in [0.29, 0.717) is 6.04 Å². The van der Waals surface area contributed by atoms with Crippen LogP contribution in [-0.4, -0.2) is 62.5 Å². The lowest BCUT2D eigenvalue weighted by Gasteiger charge is -2.31. The Kier molecular flexibility index (Phi) is 4.65. The summed E-state index contributed by atoms with van der Waals surface area (Å²) in [5, 5.41) is 0. The van der Waals surface area contributed by atoms with Gasteiger partial charge in [-0.1, -0.05) is 12.1 Å². The van der Waals surface area contributed by atoms with Gasteiger partial charge in [-0.25, -0.2) is 0 Å². The van der Waals surface area contributed by atoms with Crippen LogP contribution in [-0.2, 0) is 0 Å². The number of carbonyl (C=O) groups excluding carboxylic acids is 1. The third kappa shape index (κ3) is 2.96. The zero-order valence-electron chi connectivity index (χ0n) is 13.0. The highest BCUT2D eigenvalue weighted by atomic mass is 16.2. The van der Waals surface area contributed by atoms with E-state index in [-0.39, 0.29) is 5.91 Å². The molecule has 4 heteroatoms. The zero-order chi connectivity index (χ0) is 14.7. The number of carbonyl (C=O) groups is 1. The van der Waals surface area contributed by atoms with Gasteiger partial charge in [-0.2, -0.15) is 0 Å². The summed E-state index contributed by atoms with van der Waals surface area (Å²) in [5.41, 5.74) is 1.88. The minimum atomic E-state index is 0.155. The molecular weight excluding hydrogens is 250 g/mol. The third-order valence-corrected chi connectivity index (χ3v) is 4.07. The molecule has 1 atom stereocenters. The summed E-state index contributed by atoms with van der Waals surface area (Å²) in [7, 11) is 6.28. The van der Waals surface area contributed by atoms with Crippen molar-refractivity contribution in [3.8, 4) is 0 Å². The molecule has 20 heavy (non-hydrogen) atoms. The number of rotatable bonds is 4. The highest BCUT2D eigenvalue weighted by molar-refractivity contribution is 6.00. The molecule has 0 aliphatic carbocycles. The molecule has 1 aliphatic rings. The number of fused-ring (bicyclic) bond motifs is 1.